The van der Waals surface area contributed by atoms with Crippen LogP contribution in [-0.2, 0) is 4.74 Å². The molecule has 0 N–H and O–H groups in total. The Labute approximate surface area is 140 Å². The van der Waals surface area contributed by atoms with E-state index in [4.69, 9.17) is 14.2 Å². The third kappa shape index (κ3) is 6.80. The van der Waals surface area contributed by atoms with Crippen molar-refractivity contribution < 1.29 is 14.2 Å². The van der Waals surface area contributed by atoms with E-state index in [-0.39, 0.29) is 0 Å². The van der Waals surface area contributed by atoms with Gasteiger partial charge in [-0.3, -0.25) is 4.90 Å². The molecule has 4 heteroatoms. The molecule has 1 saturated heterocycles. The van der Waals surface area contributed by atoms with Crippen molar-refractivity contribution in [2.24, 2.45) is 5.92 Å². The lowest BCUT2D eigenvalue weighted by Crippen LogP contribution is -2.37. The smallest absolute Gasteiger partial charge is 0.119 e. The summed E-state index contributed by atoms with van der Waals surface area (Å²) in [7, 11) is 0. The lowest BCUT2D eigenvalue weighted by molar-refractivity contribution is 0.0703. The molecule has 0 unspecified atom stereocenters. The van der Waals surface area contributed by atoms with Gasteiger partial charge in [0, 0.05) is 19.8 Å². The fourth-order valence-electron chi connectivity index (χ4n) is 2.81. The fourth-order valence-corrected chi connectivity index (χ4v) is 2.81. The Morgan fingerprint density at radius 1 is 0.957 bits per heavy atom. The lowest BCUT2D eigenvalue weighted by atomic mass is 9.98. The van der Waals surface area contributed by atoms with Gasteiger partial charge in [-0.15, -0.1) is 0 Å². The van der Waals surface area contributed by atoms with E-state index >= 15 is 0 Å². The highest BCUT2D eigenvalue weighted by molar-refractivity contribution is 5.31. The van der Waals surface area contributed by atoms with Crippen LogP contribution >= 0.6 is 0 Å². The van der Waals surface area contributed by atoms with E-state index in [1.54, 1.807) is 0 Å². The number of hydrogen-bond acceptors (Lipinski definition) is 4. The van der Waals surface area contributed by atoms with Crippen molar-refractivity contribution in [2.75, 3.05) is 46.1 Å². The van der Waals surface area contributed by atoms with Crippen LogP contribution in [0.15, 0.2) is 24.3 Å². The number of rotatable bonds is 10. The molecule has 0 amide bonds. The van der Waals surface area contributed by atoms with Gasteiger partial charge in [0.25, 0.3) is 0 Å². The first-order valence-corrected chi connectivity index (χ1v) is 8.97. The molecule has 0 aromatic heterocycles. The van der Waals surface area contributed by atoms with Crippen LogP contribution in [0.3, 0.4) is 0 Å². The number of hydrogen-bond donors (Lipinski definition) is 0. The van der Waals surface area contributed by atoms with Crippen LogP contribution in [0, 0.1) is 5.92 Å². The second kappa shape index (κ2) is 10.5. The summed E-state index contributed by atoms with van der Waals surface area (Å²) in [5, 5.41) is 0. The molecule has 1 aromatic rings. The summed E-state index contributed by atoms with van der Waals surface area (Å²) in [6.07, 6.45) is 3.51. The number of nitrogens with zero attached hydrogens (tertiary/aromatic N) is 1. The van der Waals surface area contributed by atoms with E-state index < -0.39 is 0 Å². The third-order valence-electron chi connectivity index (χ3n) is 4.24. The Bertz CT molecular complexity index is 413. The summed E-state index contributed by atoms with van der Waals surface area (Å²) in [4.78, 5) is 2.49. The predicted octanol–water partition coefficient (Wildman–Crippen LogP) is 3.60. The zero-order valence-electron chi connectivity index (χ0n) is 14.6. The summed E-state index contributed by atoms with van der Waals surface area (Å²) in [5.41, 5.74) is 0. The normalized spacial score (nSPS) is 16.4. The van der Waals surface area contributed by atoms with Crippen molar-refractivity contribution >= 4 is 0 Å². The van der Waals surface area contributed by atoms with Gasteiger partial charge in [0.15, 0.2) is 0 Å². The Morgan fingerprint density at radius 3 is 2.13 bits per heavy atom. The molecule has 0 atom stereocenters. The molecule has 0 saturated carbocycles. The topological polar surface area (TPSA) is 30.9 Å². The van der Waals surface area contributed by atoms with Crippen molar-refractivity contribution in [1.82, 2.24) is 4.90 Å². The number of benzene rings is 1. The molecule has 0 bridgehead atoms. The zero-order valence-corrected chi connectivity index (χ0v) is 14.6. The van der Waals surface area contributed by atoms with E-state index in [2.05, 4.69) is 18.7 Å². The first-order valence-electron chi connectivity index (χ1n) is 8.97. The van der Waals surface area contributed by atoms with E-state index in [1.165, 1.54) is 12.8 Å². The number of ether oxygens (including phenoxy) is 3. The van der Waals surface area contributed by atoms with E-state index in [0.717, 1.165) is 69.9 Å². The molecule has 1 heterocycles. The molecule has 130 valence electrons. The maximum Gasteiger partial charge on any atom is 0.119 e. The van der Waals surface area contributed by atoms with Crippen LogP contribution in [0.25, 0.3) is 0 Å². The van der Waals surface area contributed by atoms with Gasteiger partial charge in [0.1, 0.15) is 18.1 Å². The summed E-state index contributed by atoms with van der Waals surface area (Å²) >= 11 is 0. The van der Waals surface area contributed by atoms with Crippen LogP contribution in [0.5, 0.6) is 11.5 Å². The maximum absolute atomic E-state index is 5.84. The van der Waals surface area contributed by atoms with Gasteiger partial charge in [-0.2, -0.15) is 0 Å². The van der Waals surface area contributed by atoms with Gasteiger partial charge < -0.3 is 14.2 Å². The molecule has 1 aromatic carbocycles. The van der Waals surface area contributed by atoms with Gasteiger partial charge in [0.2, 0.25) is 0 Å². The second-order valence-corrected chi connectivity index (χ2v) is 6.11. The quantitative estimate of drug-likeness (QED) is 0.659. The van der Waals surface area contributed by atoms with Gasteiger partial charge in [-0.05, 0) is 69.5 Å². The van der Waals surface area contributed by atoms with Crippen LogP contribution in [0.4, 0.5) is 0 Å². The highest BCUT2D eigenvalue weighted by Crippen LogP contribution is 2.19. The maximum atomic E-state index is 5.84. The molecule has 4 nitrogen and oxygen atoms in total. The average Bonchev–Trinajstić information content (AvgIpc) is 2.60. The van der Waals surface area contributed by atoms with Crippen molar-refractivity contribution in [3.63, 3.8) is 0 Å². The standard InChI is InChI=1S/C19H31NO3/c1-3-14-22-18-5-7-19(8-6-18)23-15-13-20-11-9-17(10-12-20)16-21-4-2/h5-8,17H,3-4,9-16H2,1-2H3. The minimum Gasteiger partial charge on any atom is -0.494 e. The Morgan fingerprint density at radius 2 is 1.57 bits per heavy atom. The molecule has 1 aliphatic rings. The summed E-state index contributed by atoms with van der Waals surface area (Å²) in [5.74, 6) is 2.57. The van der Waals surface area contributed by atoms with E-state index in [0.29, 0.717) is 0 Å². The Kier molecular flexibility index (Phi) is 8.26. The van der Waals surface area contributed by atoms with Crippen molar-refractivity contribution in [3.05, 3.63) is 24.3 Å². The molecule has 1 aliphatic heterocycles. The monoisotopic (exact) mass is 321 g/mol. The Balaban J connectivity index is 1.60. The average molecular weight is 321 g/mol. The minimum atomic E-state index is 0.739. The summed E-state index contributed by atoms with van der Waals surface area (Å²) < 4.78 is 16.9. The zero-order chi connectivity index (χ0) is 16.3. The van der Waals surface area contributed by atoms with E-state index in [9.17, 15) is 0 Å². The van der Waals surface area contributed by atoms with Gasteiger partial charge >= 0.3 is 0 Å². The largest absolute Gasteiger partial charge is 0.494 e. The summed E-state index contributed by atoms with van der Waals surface area (Å²) in [6.45, 7) is 10.7. The third-order valence-corrected chi connectivity index (χ3v) is 4.24. The molecule has 23 heavy (non-hydrogen) atoms. The Hall–Kier alpha value is -1.26. The molecule has 2 rings (SSSR count). The second-order valence-electron chi connectivity index (χ2n) is 6.11. The molecule has 1 fully saturated rings. The van der Waals surface area contributed by atoms with Crippen LogP contribution < -0.4 is 9.47 Å². The van der Waals surface area contributed by atoms with Gasteiger partial charge in [0.05, 0.1) is 6.61 Å². The van der Waals surface area contributed by atoms with Crippen molar-refractivity contribution in [3.8, 4) is 11.5 Å². The highest BCUT2D eigenvalue weighted by atomic mass is 16.5. The molecular formula is C19H31NO3. The minimum absolute atomic E-state index is 0.739. The van der Waals surface area contributed by atoms with Crippen LogP contribution in [0.2, 0.25) is 0 Å². The first-order chi connectivity index (χ1) is 11.3. The highest BCUT2D eigenvalue weighted by Gasteiger charge is 2.18. The van der Waals surface area contributed by atoms with Crippen molar-refractivity contribution in [2.45, 2.75) is 33.1 Å². The number of likely N-dealkylation sites (tertiary alicyclic amines) is 1. The van der Waals surface area contributed by atoms with Gasteiger partial charge in [-0.25, -0.2) is 0 Å². The van der Waals surface area contributed by atoms with Crippen LogP contribution in [-0.4, -0.2) is 51.0 Å². The first kappa shape index (κ1) is 18.1. The summed E-state index contributed by atoms with van der Waals surface area (Å²) in [6, 6.07) is 7.92. The SMILES string of the molecule is CCCOc1ccc(OCCN2CCC(COCC)CC2)cc1. The van der Waals surface area contributed by atoms with Gasteiger partial charge in [-0.1, -0.05) is 6.92 Å². The lowest BCUT2D eigenvalue weighted by Gasteiger charge is -2.31. The molecular weight excluding hydrogens is 290 g/mol. The van der Waals surface area contributed by atoms with Crippen molar-refractivity contribution in [1.29, 1.82) is 0 Å². The predicted molar refractivity (Wildman–Crippen MR) is 93.4 cm³/mol. The number of piperidine rings is 1. The fraction of sp³-hybridized carbons (Fsp3) is 0.684. The molecule has 0 aliphatic carbocycles. The molecule has 0 spiro atoms. The van der Waals surface area contributed by atoms with Crippen LogP contribution in [0.1, 0.15) is 33.1 Å². The van der Waals surface area contributed by atoms with E-state index in [1.807, 2.05) is 24.3 Å². The molecule has 0 radical (unpaired) electrons.